The number of rotatable bonds is 5. The maximum absolute atomic E-state index is 11.8. The molecule has 0 saturated carbocycles. The second-order valence-electron chi connectivity index (χ2n) is 5.93. The fraction of sp³-hybridized carbons (Fsp3) is 0.529. The topological polar surface area (TPSA) is 112 Å². The van der Waals surface area contributed by atoms with Gasteiger partial charge in [-0.15, -0.1) is 29.1 Å². The van der Waals surface area contributed by atoms with Crippen molar-refractivity contribution in [2.24, 2.45) is 4.99 Å². The number of hydrogen-bond donors (Lipinski definition) is 2. The lowest BCUT2D eigenvalue weighted by Crippen LogP contribution is -2.53. The summed E-state index contributed by atoms with van der Waals surface area (Å²) in [7, 11) is 0. The molecule has 2 aromatic heterocycles. The predicted molar refractivity (Wildman–Crippen MR) is 114 cm³/mol. The minimum absolute atomic E-state index is 0. The third kappa shape index (κ3) is 5.59. The molecule has 0 atom stereocenters. The Balaban J connectivity index is 0.00000280. The lowest BCUT2D eigenvalue weighted by Gasteiger charge is -2.35. The minimum atomic E-state index is -0.258. The number of guanidine groups is 1. The molecule has 1 saturated heterocycles. The highest BCUT2D eigenvalue weighted by Gasteiger charge is 2.23. The molecule has 2 N–H and O–H groups in total. The van der Waals surface area contributed by atoms with Gasteiger partial charge in [-0.05, 0) is 26.0 Å². The van der Waals surface area contributed by atoms with Gasteiger partial charge in [0.15, 0.2) is 11.7 Å². The van der Waals surface area contributed by atoms with E-state index < -0.39 is 0 Å². The van der Waals surface area contributed by atoms with E-state index in [9.17, 15) is 4.79 Å². The number of carbonyl (C=O) groups is 1. The van der Waals surface area contributed by atoms with Gasteiger partial charge < -0.3 is 24.3 Å². The van der Waals surface area contributed by atoms with Gasteiger partial charge >= 0.3 is 6.09 Å². The molecule has 0 bridgehead atoms. The maximum Gasteiger partial charge on any atom is 0.409 e. The van der Waals surface area contributed by atoms with Crippen LogP contribution in [0.3, 0.4) is 0 Å². The normalized spacial score (nSPS) is 14.6. The number of furan rings is 1. The van der Waals surface area contributed by atoms with Crippen LogP contribution in [-0.2, 0) is 11.3 Å². The number of aromatic amines is 1. The fourth-order valence-corrected chi connectivity index (χ4v) is 2.77. The third-order valence-corrected chi connectivity index (χ3v) is 4.09. The zero-order chi connectivity index (χ0) is 19.1. The van der Waals surface area contributed by atoms with Crippen LogP contribution in [0.5, 0.6) is 0 Å². The van der Waals surface area contributed by atoms with Crippen molar-refractivity contribution < 1.29 is 13.9 Å². The summed E-state index contributed by atoms with van der Waals surface area (Å²) < 4.78 is 10.4. The molecule has 0 radical (unpaired) electrons. The van der Waals surface area contributed by atoms with Crippen molar-refractivity contribution in [3.63, 3.8) is 0 Å². The van der Waals surface area contributed by atoms with Crippen molar-refractivity contribution >= 4 is 36.0 Å². The number of hydrogen-bond acceptors (Lipinski definition) is 6. The second-order valence-corrected chi connectivity index (χ2v) is 5.93. The quantitative estimate of drug-likeness (QED) is 0.364. The molecule has 1 aliphatic rings. The number of piperazine rings is 1. The molecule has 0 aromatic carbocycles. The summed E-state index contributed by atoms with van der Waals surface area (Å²) in [6.45, 7) is 7.94. The first-order chi connectivity index (χ1) is 13.2. The van der Waals surface area contributed by atoms with Gasteiger partial charge in [0.05, 0.1) is 12.9 Å². The third-order valence-electron chi connectivity index (χ3n) is 4.09. The highest BCUT2D eigenvalue weighted by atomic mass is 127. The fourth-order valence-electron chi connectivity index (χ4n) is 2.77. The number of nitrogens with one attached hydrogen (secondary N) is 2. The van der Waals surface area contributed by atoms with Gasteiger partial charge in [0.25, 0.3) is 0 Å². The van der Waals surface area contributed by atoms with E-state index in [4.69, 9.17) is 9.15 Å². The second kappa shape index (κ2) is 10.9. The van der Waals surface area contributed by atoms with E-state index in [0.717, 1.165) is 12.5 Å². The van der Waals surface area contributed by atoms with Crippen molar-refractivity contribution in [3.8, 4) is 11.6 Å². The van der Waals surface area contributed by atoms with E-state index >= 15 is 0 Å². The van der Waals surface area contributed by atoms with Crippen molar-refractivity contribution in [1.29, 1.82) is 0 Å². The Bertz CT molecular complexity index is 755. The molecule has 1 aliphatic heterocycles. The molecule has 0 spiro atoms. The summed E-state index contributed by atoms with van der Waals surface area (Å²) in [6.07, 6.45) is 1.33. The average Bonchev–Trinajstić information content (AvgIpc) is 3.37. The standard InChI is InChI=1S/C17H25N7O3.HI/c1-3-18-16(23-7-9-24(10-8-23)17(25)26-4-2)19-12-14-20-15(22-21-14)13-6-5-11-27-13;/h5-6,11H,3-4,7-10,12H2,1-2H3,(H,18,19)(H,20,21,22);1H. The van der Waals surface area contributed by atoms with Gasteiger partial charge in [-0.3, -0.25) is 5.10 Å². The Kier molecular flexibility index (Phi) is 8.54. The summed E-state index contributed by atoms with van der Waals surface area (Å²) in [5, 5.41) is 10.3. The van der Waals surface area contributed by atoms with Gasteiger partial charge in [0.1, 0.15) is 12.4 Å². The molecule has 0 aliphatic carbocycles. The Morgan fingerprint density at radius 2 is 2.07 bits per heavy atom. The molecule has 28 heavy (non-hydrogen) atoms. The van der Waals surface area contributed by atoms with Crippen LogP contribution in [0.4, 0.5) is 4.79 Å². The summed E-state index contributed by atoms with van der Waals surface area (Å²) >= 11 is 0. The number of aromatic nitrogens is 3. The van der Waals surface area contributed by atoms with Crippen LogP contribution >= 0.6 is 24.0 Å². The monoisotopic (exact) mass is 503 g/mol. The van der Waals surface area contributed by atoms with Gasteiger partial charge in [0, 0.05) is 32.7 Å². The number of amides is 1. The zero-order valence-electron chi connectivity index (χ0n) is 16.1. The molecular weight excluding hydrogens is 477 g/mol. The van der Waals surface area contributed by atoms with Crippen molar-refractivity contribution in [3.05, 3.63) is 24.2 Å². The van der Waals surface area contributed by atoms with Crippen LogP contribution in [0.2, 0.25) is 0 Å². The van der Waals surface area contributed by atoms with E-state index in [1.54, 1.807) is 17.2 Å². The van der Waals surface area contributed by atoms with Crippen molar-refractivity contribution in [1.82, 2.24) is 30.3 Å². The van der Waals surface area contributed by atoms with Crippen LogP contribution in [0, 0.1) is 0 Å². The lowest BCUT2D eigenvalue weighted by molar-refractivity contribution is 0.0914. The Morgan fingerprint density at radius 1 is 1.32 bits per heavy atom. The van der Waals surface area contributed by atoms with Crippen LogP contribution < -0.4 is 5.32 Å². The predicted octanol–water partition coefficient (Wildman–Crippen LogP) is 1.92. The number of carbonyl (C=O) groups excluding carboxylic acids is 1. The molecule has 1 amide bonds. The molecule has 154 valence electrons. The molecule has 10 nitrogen and oxygen atoms in total. The number of nitrogens with zero attached hydrogens (tertiary/aromatic N) is 5. The SMILES string of the molecule is CCNC(=NCc1nc(-c2ccco2)n[nH]1)N1CCN(C(=O)OCC)CC1.I. The van der Waals surface area contributed by atoms with Crippen LogP contribution in [-0.4, -0.2) is 76.4 Å². The Labute approximate surface area is 180 Å². The van der Waals surface area contributed by atoms with E-state index in [0.29, 0.717) is 56.7 Å². The molecule has 1 fully saturated rings. The van der Waals surface area contributed by atoms with E-state index in [-0.39, 0.29) is 30.1 Å². The summed E-state index contributed by atoms with van der Waals surface area (Å²) in [5.41, 5.74) is 0. The first-order valence-corrected chi connectivity index (χ1v) is 9.11. The van der Waals surface area contributed by atoms with Gasteiger partial charge in [0.2, 0.25) is 5.82 Å². The van der Waals surface area contributed by atoms with Crippen LogP contribution in [0.1, 0.15) is 19.7 Å². The smallest absolute Gasteiger partial charge is 0.409 e. The average molecular weight is 503 g/mol. The molecule has 3 heterocycles. The van der Waals surface area contributed by atoms with Crippen molar-refractivity contribution in [2.45, 2.75) is 20.4 Å². The van der Waals surface area contributed by atoms with Gasteiger partial charge in [-0.2, -0.15) is 0 Å². The summed E-state index contributed by atoms with van der Waals surface area (Å²) in [6, 6.07) is 3.60. The van der Waals surface area contributed by atoms with E-state index in [2.05, 4.69) is 30.4 Å². The van der Waals surface area contributed by atoms with E-state index in [1.807, 2.05) is 19.9 Å². The number of H-pyrrole nitrogens is 1. The highest BCUT2D eigenvalue weighted by Crippen LogP contribution is 2.14. The molecule has 3 rings (SSSR count). The number of aliphatic imine (C=N–C) groups is 1. The van der Waals surface area contributed by atoms with Crippen LogP contribution in [0.15, 0.2) is 27.8 Å². The lowest BCUT2D eigenvalue weighted by atomic mass is 10.3. The first-order valence-electron chi connectivity index (χ1n) is 9.11. The number of halogens is 1. The van der Waals surface area contributed by atoms with Gasteiger partial charge in [-0.25, -0.2) is 14.8 Å². The molecular formula is C17H26IN7O3. The van der Waals surface area contributed by atoms with Crippen molar-refractivity contribution in [2.75, 3.05) is 39.3 Å². The summed E-state index contributed by atoms with van der Waals surface area (Å²) in [4.78, 5) is 24.7. The zero-order valence-corrected chi connectivity index (χ0v) is 18.4. The first kappa shape index (κ1) is 22.0. The van der Waals surface area contributed by atoms with Crippen LogP contribution in [0.25, 0.3) is 11.6 Å². The summed E-state index contributed by atoms with van der Waals surface area (Å²) in [5.74, 6) is 2.57. The Hall–Kier alpha value is -2.31. The molecule has 11 heteroatoms. The number of ether oxygens (including phenoxy) is 1. The van der Waals surface area contributed by atoms with E-state index in [1.165, 1.54) is 0 Å². The van der Waals surface area contributed by atoms with Gasteiger partial charge in [-0.1, -0.05) is 0 Å². The minimum Gasteiger partial charge on any atom is -0.461 e. The maximum atomic E-state index is 11.8. The molecule has 2 aromatic rings. The highest BCUT2D eigenvalue weighted by molar-refractivity contribution is 14.0. The molecule has 0 unspecified atom stereocenters. The Morgan fingerprint density at radius 3 is 2.71 bits per heavy atom. The largest absolute Gasteiger partial charge is 0.461 e.